The molecule has 218 valence electrons. The summed E-state index contributed by atoms with van der Waals surface area (Å²) in [6.07, 6.45) is 0.207. The summed E-state index contributed by atoms with van der Waals surface area (Å²) in [5.41, 5.74) is 2.21. The van der Waals surface area contributed by atoms with Gasteiger partial charge in [0.2, 0.25) is 11.8 Å². The normalized spacial score (nSPS) is 11.9. The average Bonchev–Trinajstić information content (AvgIpc) is 3.00. The van der Waals surface area contributed by atoms with Crippen molar-refractivity contribution in [1.82, 2.24) is 10.2 Å². The van der Waals surface area contributed by atoms with Gasteiger partial charge in [-0.15, -0.1) is 0 Å². The molecule has 0 aromatic heterocycles. The van der Waals surface area contributed by atoms with Crippen LogP contribution in [0, 0.1) is 6.92 Å². The predicted molar refractivity (Wildman–Crippen MR) is 167 cm³/mol. The minimum atomic E-state index is -4.21. The number of carbonyl (C=O) groups excluding carboxylic acids is 2. The molecule has 0 unspecified atom stereocenters. The van der Waals surface area contributed by atoms with Crippen LogP contribution in [0.5, 0.6) is 0 Å². The summed E-state index contributed by atoms with van der Waals surface area (Å²) in [6, 6.07) is 28.2. The first-order valence-corrected chi connectivity index (χ1v) is 15.4. The molecule has 2 amide bonds. The second-order valence-corrected chi connectivity index (χ2v) is 12.3. The van der Waals surface area contributed by atoms with Crippen LogP contribution >= 0.6 is 23.2 Å². The molecule has 0 radical (unpaired) electrons. The molecule has 4 rings (SSSR count). The third-order valence-electron chi connectivity index (χ3n) is 6.93. The lowest BCUT2D eigenvalue weighted by Gasteiger charge is -2.34. The maximum atomic E-state index is 14.3. The van der Waals surface area contributed by atoms with E-state index in [0.717, 1.165) is 9.87 Å². The van der Waals surface area contributed by atoms with E-state index in [-0.39, 0.29) is 23.5 Å². The van der Waals surface area contributed by atoms with Crippen LogP contribution in [0.2, 0.25) is 10.0 Å². The number of hydrogen-bond donors (Lipinski definition) is 1. The molecule has 0 spiro atoms. The van der Waals surface area contributed by atoms with Gasteiger partial charge >= 0.3 is 0 Å². The first-order chi connectivity index (χ1) is 20.1. The third-order valence-corrected chi connectivity index (χ3v) is 9.49. The number of rotatable bonds is 11. The largest absolute Gasteiger partial charge is 0.357 e. The van der Waals surface area contributed by atoms with Crippen LogP contribution in [-0.4, -0.2) is 44.8 Å². The minimum absolute atomic E-state index is 0.0157. The van der Waals surface area contributed by atoms with Gasteiger partial charge in [0, 0.05) is 30.1 Å². The van der Waals surface area contributed by atoms with Crippen LogP contribution in [0.15, 0.2) is 108 Å². The molecule has 0 saturated heterocycles. The van der Waals surface area contributed by atoms with E-state index in [0.29, 0.717) is 21.2 Å². The first kappa shape index (κ1) is 31.1. The molecule has 0 heterocycles. The summed E-state index contributed by atoms with van der Waals surface area (Å²) in [7, 11) is -2.71. The van der Waals surface area contributed by atoms with Crippen molar-refractivity contribution < 1.29 is 18.0 Å². The molecule has 0 saturated carbocycles. The molecule has 0 aliphatic heterocycles. The monoisotopic (exact) mass is 623 g/mol. The van der Waals surface area contributed by atoms with Gasteiger partial charge in [-0.25, -0.2) is 8.42 Å². The smallest absolute Gasteiger partial charge is 0.264 e. The summed E-state index contributed by atoms with van der Waals surface area (Å²) in [6.45, 7) is 1.10. The van der Waals surface area contributed by atoms with Gasteiger partial charge in [0.25, 0.3) is 10.0 Å². The van der Waals surface area contributed by atoms with E-state index in [1.165, 1.54) is 24.1 Å². The standard InChI is InChI=1S/C32H31Cl2N3O4S/c1-23-27(33)18-11-19-29(23)37(42(40,41)26-15-7-4-8-16-26)22-31(38)36(21-25-14-9-10-17-28(25)34)30(32(39)35-2)20-24-12-5-3-6-13-24/h3-19,30H,20-22H2,1-2H3,(H,35,39)/t30-/m0/s1. The van der Waals surface area contributed by atoms with Crippen LogP contribution in [0.1, 0.15) is 16.7 Å². The van der Waals surface area contributed by atoms with E-state index >= 15 is 0 Å². The molecule has 0 aliphatic carbocycles. The Kier molecular flexibility index (Phi) is 10.3. The van der Waals surface area contributed by atoms with Crippen molar-refractivity contribution >= 4 is 50.7 Å². The Morgan fingerprint density at radius 1 is 0.810 bits per heavy atom. The zero-order chi connectivity index (χ0) is 30.3. The van der Waals surface area contributed by atoms with E-state index in [1.54, 1.807) is 67.6 Å². The molecule has 1 N–H and O–H groups in total. The molecular formula is C32H31Cl2N3O4S. The van der Waals surface area contributed by atoms with E-state index in [2.05, 4.69) is 5.32 Å². The highest BCUT2D eigenvalue weighted by atomic mass is 35.5. The number of benzene rings is 4. The lowest BCUT2D eigenvalue weighted by Crippen LogP contribution is -2.53. The zero-order valence-corrected chi connectivity index (χ0v) is 25.5. The molecule has 0 aliphatic rings. The van der Waals surface area contributed by atoms with Crippen molar-refractivity contribution in [3.8, 4) is 0 Å². The van der Waals surface area contributed by atoms with Crippen LogP contribution < -0.4 is 9.62 Å². The summed E-state index contributed by atoms with van der Waals surface area (Å²) in [5, 5.41) is 3.44. The van der Waals surface area contributed by atoms with E-state index < -0.39 is 34.4 Å². The Labute approximate surface area is 256 Å². The first-order valence-electron chi connectivity index (χ1n) is 13.2. The van der Waals surface area contributed by atoms with E-state index in [4.69, 9.17) is 23.2 Å². The number of halogens is 2. The number of amides is 2. The molecule has 4 aromatic carbocycles. The van der Waals surface area contributed by atoms with Crippen molar-refractivity contribution in [2.45, 2.75) is 30.8 Å². The van der Waals surface area contributed by atoms with Crippen molar-refractivity contribution in [1.29, 1.82) is 0 Å². The highest BCUT2D eigenvalue weighted by molar-refractivity contribution is 7.92. The predicted octanol–water partition coefficient (Wildman–Crippen LogP) is 5.88. The van der Waals surface area contributed by atoms with E-state index in [9.17, 15) is 18.0 Å². The fraction of sp³-hybridized carbons (Fsp3) is 0.188. The summed E-state index contributed by atoms with van der Waals surface area (Å²) < 4.78 is 29.1. The van der Waals surface area contributed by atoms with Gasteiger partial charge in [-0.3, -0.25) is 13.9 Å². The fourth-order valence-electron chi connectivity index (χ4n) is 4.63. The molecule has 42 heavy (non-hydrogen) atoms. The third kappa shape index (κ3) is 7.13. The molecule has 1 atom stereocenters. The van der Waals surface area contributed by atoms with Crippen molar-refractivity contribution in [2.75, 3.05) is 17.9 Å². The number of hydrogen-bond acceptors (Lipinski definition) is 4. The van der Waals surface area contributed by atoms with Crippen molar-refractivity contribution in [3.05, 3.63) is 130 Å². The SMILES string of the molecule is CNC(=O)[C@H](Cc1ccccc1)N(Cc1ccccc1Cl)C(=O)CN(c1cccc(Cl)c1C)S(=O)(=O)c1ccccc1. The number of likely N-dealkylation sites (N-methyl/N-ethyl adjacent to an activating group) is 1. The fourth-order valence-corrected chi connectivity index (χ4v) is 6.49. The second-order valence-electron chi connectivity index (χ2n) is 9.64. The number of carbonyl (C=O) groups is 2. The highest BCUT2D eigenvalue weighted by Crippen LogP contribution is 2.31. The van der Waals surface area contributed by atoms with Gasteiger partial charge in [-0.1, -0.05) is 96.0 Å². The van der Waals surface area contributed by atoms with Crippen molar-refractivity contribution in [2.24, 2.45) is 0 Å². The van der Waals surface area contributed by atoms with Crippen LogP contribution in [-0.2, 0) is 32.6 Å². The lowest BCUT2D eigenvalue weighted by molar-refractivity contribution is -0.139. The van der Waals surface area contributed by atoms with Crippen LogP contribution in [0.25, 0.3) is 0 Å². The van der Waals surface area contributed by atoms with Crippen molar-refractivity contribution in [3.63, 3.8) is 0 Å². The highest BCUT2D eigenvalue weighted by Gasteiger charge is 2.35. The Hall–Kier alpha value is -3.85. The maximum absolute atomic E-state index is 14.3. The number of nitrogens with zero attached hydrogens (tertiary/aromatic N) is 2. The molecule has 7 nitrogen and oxygen atoms in total. The second kappa shape index (κ2) is 13.9. The number of nitrogens with one attached hydrogen (secondary N) is 1. The van der Waals surface area contributed by atoms with Gasteiger partial charge < -0.3 is 10.2 Å². The summed E-state index contributed by atoms with van der Waals surface area (Å²) >= 11 is 12.9. The summed E-state index contributed by atoms with van der Waals surface area (Å²) in [5.74, 6) is -0.978. The maximum Gasteiger partial charge on any atom is 0.264 e. The number of sulfonamides is 1. The molecule has 4 aromatic rings. The van der Waals surface area contributed by atoms with Gasteiger partial charge in [0.05, 0.1) is 10.6 Å². The quantitative estimate of drug-likeness (QED) is 0.226. The summed E-state index contributed by atoms with van der Waals surface area (Å²) in [4.78, 5) is 29.1. The zero-order valence-electron chi connectivity index (χ0n) is 23.2. The van der Waals surface area contributed by atoms with Gasteiger partial charge in [0.15, 0.2) is 0 Å². The Bertz CT molecular complexity index is 1650. The topological polar surface area (TPSA) is 86.8 Å². The minimum Gasteiger partial charge on any atom is -0.357 e. The Morgan fingerprint density at radius 3 is 2.05 bits per heavy atom. The Morgan fingerprint density at radius 2 is 1.40 bits per heavy atom. The van der Waals surface area contributed by atoms with Gasteiger partial charge in [-0.05, 0) is 53.9 Å². The van der Waals surface area contributed by atoms with E-state index in [1.807, 2.05) is 30.3 Å². The lowest BCUT2D eigenvalue weighted by atomic mass is 10.0. The average molecular weight is 625 g/mol. The molecular weight excluding hydrogens is 593 g/mol. The molecule has 0 bridgehead atoms. The van der Waals surface area contributed by atoms with Crippen LogP contribution in [0.4, 0.5) is 5.69 Å². The van der Waals surface area contributed by atoms with Crippen LogP contribution in [0.3, 0.4) is 0 Å². The van der Waals surface area contributed by atoms with Gasteiger partial charge in [0.1, 0.15) is 12.6 Å². The Balaban J connectivity index is 1.82. The number of anilines is 1. The molecule has 0 fully saturated rings. The molecule has 10 heteroatoms. The van der Waals surface area contributed by atoms with Gasteiger partial charge in [-0.2, -0.15) is 0 Å².